The standard InChI is InChI=1S/C23H30N4O3S/c1-30-20-10-9-19(31-20)23(29)27-12-5-4-8-18(27)21-24-17-14-26(15-6-2-3-7-15)13-11-16(17)22(28)25-21/h9-10,15,18H,2-8,11-14H2,1H3,(H,24,25,28). The molecule has 1 unspecified atom stereocenters. The van der Waals surface area contributed by atoms with Crippen LogP contribution in [0.5, 0.6) is 5.06 Å². The number of carbonyl (C=O) groups is 1. The van der Waals surface area contributed by atoms with Crippen LogP contribution in [0.4, 0.5) is 0 Å². The van der Waals surface area contributed by atoms with E-state index in [9.17, 15) is 9.59 Å². The van der Waals surface area contributed by atoms with Crippen LogP contribution in [0.25, 0.3) is 0 Å². The third-order valence-electron chi connectivity index (χ3n) is 7.04. The van der Waals surface area contributed by atoms with Crippen molar-refractivity contribution in [3.8, 4) is 5.06 Å². The minimum absolute atomic E-state index is 0.00838. The summed E-state index contributed by atoms with van der Waals surface area (Å²) >= 11 is 1.36. The molecule has 5 rings (SSSR count). The summed E-state index contributed by atoms with van der Waals surface area (Å²) in [6.45, 7) is 2.37. The maximum atomic E-state index is 13.3. The summed E-state index contributed by atoms with van der Waals surface area (Å²) in [4.78, 5) is 39.2. The first-order chi connectivity index (χ1) is 15.1. The molecule has 3 aliphatic rings. The normalized spacial score (nSPS) is 22.5. The molecule has 2 aromatic heterocycles. The van der Waals surface area contributed by atoms with Gasteiger partial charge in [0.2, 0.25) is 0 Å². The van der Waals surface area contributed by atoms with E-state index in [1.54, 1.807) is 7.11 Å². The summed E-state index contributed by atoms with van der Waals surface area (Å²) in [7, 11) is 1.61. The highest BCUT2D eigenvalue weighted by molar-refractivity contribution is 7.15. The molecule has 1 aliphatic carbocycles. The van der Waals surface area contributed by atoms with E-state index in [1.807, 2.05) is 17.0 Å². The number of thiophene rings is 1. The van der Waals surface area contributed by atoms with E-state index < -0.39 is 0 Å². The van der Waals surface area contributed by atoms with Gasteiger partial charge in [-0.3, -0.25) is 14.5 Å². The second-order valence-corrected chi connectivity index (χ2v) is 9.91. The summed E-state index contributed by atoms with van der Waals surface area (Å²) in [5.41, 5.74) is 1.71. The zero-order valence-electron chi connectivity index (χ0n) is 18.1. The van der Waals surface area contributed by atoms with Gasteiger partial charge in [0.05, 0.1) is 23.7 Å². The van der Waals surface area contributed by atoms with Gasteiger partial charge in [-0.15, -0.1) is 0 Å². The minimum Gasteiger partial charge on any atom is -0.487 e. The minimum atomic E-state index is -0.186. The molecule has 1 atom stereocenters. The number of rotatable bonds is 4. The van der Waals surface area contributed by atoms with Crippen LogP contribution in [0.15, 0.2) is 16.9 Å². The van der Waals surface area contributed by atoms with Crippen LogP contribution >= 0.6 is 11.3 Å². The van der Waals surface area contributed by atoms with Crippen molar-refractivity contribution in [2.45, 2.75) is 70.0 Å². The predicted octanol–water partition coefficient (Wildman–Crippen LogP) is 3.51. The molecule has 7 nitrogen and oxygen atoms in total. The number of aromatic amines is 1. The molecule has 4 heterocycles. The smallest absolute Gasteiger partial charge is 0.264 e. The van der Waals surface area contributed by atoms with Crippen LogP contribution in [-0.2, 0) is 13.0 Å². The number of amides is 1. The Morgan fingerprint density at radius 1 is 1.16 bits per heavy atom. The monoisotopic (exact) mass is 442 g/mol. The number of aromatic nitrogens is 2. The zero-order chi connectivity index (χ0) is 21.4. The van der Waals surface area contributed by atoms with E-state index in [4.69, 9.17) is 9.72 Å². The Morgan fingerprint density at radius 2 is 1.97 bits per heavy atom. The molecular weight excluding hydrogens is 412 g/mol. The Labute approximate surface area is 186 Å². The number of nitrogens with zero attached hydrogens (tertiary/aromatic N) is 3. The quantitative estimate of drug-likeness (QED) is 0.784. The lowest BCUT2D eigenvalue weighted by Crippen LogP contribution is -2.43. The Bertz CT molecular complexity index is 1010. The van der Waals surface area contributed by atoms with E-state index in [1.165, 1.54) is 37.0 Å². The van der Waals surface area contributed by atoms with Crippen LogP contribution < -0.4 is 10.3 Å². The van der Waals surface area contributed by atoms with Crippen molar-refractivity contribution in [2.75, 3.05) is 20.2 Å². The fraction of sp³-hybridized carbons (Fsp3) is 0.609. The first kappa shape index (κ1) is 20.7. The molecule has 0 aromatic carbocycles. The topological polar surface area (TPSA) is 78.5 Å². The van der Waals surface area contributed by atoms with Crippen LogP contribution in [0.1, 0.15) is 77.7 Å². The molecular formula is C23H30N4O3S. The van der Waals surface area contributed by atoms with Crippen LogP contribution in [-0.4, -0.2) is 51.9 Å². The average molecular weight is 443 g/mol. The number of nitrogens with one attached hydrogen (secondary N) is 1. The number of ether oxygens (including phenoxy) is 1. The van der Waals surface area contributed by atoms with Crippen LogP contribution in [0, 0.1) is 0 Å². The summed E-state index contributed by atoms with van der Waals surface area (Å²) < 4.78 is 5.26. The Hall–Kier alpha value is -2.19. The SMILES string of the molecule is COc1ccc(C(=O)N2CCCCC2c2nc3c(c(=O)[nH]2)CCN(C2CCCC2)C3)s1. The molecule has 0 bridgehead atoms. The molecule has 2 fully saturated rings. The lowest BCUT2D eigenvalue weighted by molar-refractivity contribution is 0.0603. The Balaban J connectivity index is 1.42. The first-order valence-corrected chi connectivity index (χ1v) is 12.3. The summed E-state index contributed by atoms with van der Waals surface area (Å²) in [5.74, 6) is 0.638. The van der Waals surface area contributed by atoms with Crippen molar-refractivity contribution in [3.05, 3.63) is 44.4 Å². The number of hydrogen-bond donors (Lipinski definition) is 1. The predicted molar refractivity (Wildman–Crippen MR) is 120 cm³/mol. The van der Waals surface area contributed by atoms with Gasteiger partial charge >= 0.3 is 0 Å². The summed E-state index contributed by atoms with van der Waals surface area (Å²) in [5, 5.41) is 0.726. The molecule has 1 saturated carbocycles. The van der Waals surface area contributed by atoms with Gasteiger partial charge in [0.15, 0.2) is 5.06 Å². The number of piperidine rings is 1. The number of H-pyrrole nitrogens is 1. The van der Waals surface area contributed by atoms with Gasteiger partial charge in [-0.25, -0.2) is 4.98 Å². The molecule has 2 aromatic rings. The molecule has 1 amide bonds. The highest BCUT2D eigenvalue weighted by Gasteiger charge is 2.33. The molecule has 1 saturated heterocycles. The third kappa shape index (κ3) is 4.03. The molecule has 8 heteroatoms. The van der Waals surface area contributed by atoms with Gasteiger partial charge in [-0.05, 0) is 50.7 Å². The van der Waals surface area contributed by atoms with E-state index in [0.29, 0.717) is 23.3 Å². The van der Waals surface area contributed by atoms with Gasteiger partial charge in [0.1, 0.15) is 5.82 Å². The van der Waals surface area contributed by atoms with Gasteiger partial charge in [0, 0.05) is 31.2 Å². The lowest BCUT2D eigenvalue weighted by Gasteiger charge is -2.36. The van der Waals surface area contributed by atoms with E-state index in [0.717, 1.165) is 55.1 Å². The lowest BCUT2D eigenvalue weighted by atomic mass is 9.99. The van der Waals surface area contributed by atoms with Crippen molar-refractivity contribution >= 4 is 17.2 Å². The number of methoxy groups -OCH3 is 1. The third-order valence-corrected chi connectivity index (χ3v) is 8.07. The number of hydrogen-bond acceptors (Lipinski definition) is 6. The fourth-order valence-electron chi connectivity index (χ4n) is 5.36. The maximum absolute atomic E-state index is 13.3. The van der Waals surface area contributed by atoms with Crippen molar-refractivity contribution in [1.82, 2.24) is 19.8 Å². The highest BCUT2D eigenvalue weighted by Crippen LogP contribution is 2.34. The molecule has 1 N–H and O–H groups in total. The van der Waals surface area contributed by atoms with Crippen molar-refractivity contribution in [3.63, 3.8) is 0 Å². The first-order valence-electron chi connectivity index (χ1n) is 11.4. The van der Waals surface area contributed by atoms with E-state index >= 15 is 0 Å². The Kier molecular flexibility index (Phi) is 5.84. The molecule has 2 aliphatic heterocycles. The fourth-order valence-corrected chi connectivity index (χ4v) is 6.14. The molecule has 31 heavy (non-hydrogen) atoms. The van der Waals surface area contributed by atoms with Gasteiger partial charge < -0.3 is 14.6 Å². The van der Waals surface area contributed by atoms with E-state index in [2.05, 4.69) is 9.88 Å². The number of carbonyl (C=O) groups excluding carboxylic acids is 1. The van der Waals surface area contributed by atoms with Crippen LogP contribution in [0.3, 0.4) is 0 Å². The van der Waals surface area contributed by atoms with Gasteiger partial charge in [-0.1, -0.05) is 24.2 Å². The van der Waals surface area contributed by atoms with Gasteiger partial charge in [0.25, 0.3) is 11.5 Å². The Morgan fingerprint density at radius 3 is 2.74 bits per heavy atom. The van der Waals surface area contributed by atoms with Crippen molar-refractivity contribution in [2.24, 2.45) is 0 Å². The van der Waals surface area contributed by atoms with Crippen molar-refractivity contribution < 1.29 is 9.53 Å². The van der Waals surface area contributed by atoms with Crippen LogP contribution in [0.2, 0.25) is 0 Å². The maximum Gasteiger partial charge on any atom is 0.264 e. The van der Waals surface area contributed by atoms with Gasteiger partial charge in [-0.2, -0.15) is 0 Å². The summed E-state index contributed by atoms with van der Waals surface area (Å²) in [6, 6.07) is 4.08. The molecule has 0 radical (unpaired) electrons. The number of fused-ring (bicyclic) bond motifs is 1. The molecule has 0 spiro atoms. The number of likely N-dealkylation sites (tertiary alicyclic amines) is 1. The van der Waals surface area contributed by atoms with Crippen molar-refractivity contribution in [1.29, 1.82) is 0 Å². The largest absolute Gasteiger partial charge is 0.487 e. The molecule has 166 valence electrons. The zero-order valence-corrected chi connectivity index (χ0v) is 18.9. The second kappa shape index (κ2) is 8.74. The highest BCUT2D eigenvalue weighted by atomic mass is 32.1. The summed E-state index contributed by atoms with van der Waals surface area (Å²) in [6.07, 6.45) is 8.68. The average Bonchev–Trinajstić information content (AvgIpc) is 3.50. The van der Waals surface area contributed by atoms with E-state index in [-0.39, 0.29) is 17.5 Å². The second-order valence-electron chi connectivity index (χ2n) is 8.87.